The Morgan fingerprint density at radius 2 is 1.78 bits per heavy atom. The molecule has 1 aliphatic rings. The first-order chi connectivity index (χ1) is 25.2. The molecule has 302 valence electrons. The number of ether oxygens (including phenoxy) is 3. The number of amides is 4. The van der Waals surface area contributed by atoms with E-state index in [9.17, 15) is 23.9 Å². The first-order valence-electron chi connectivity index (χ1n) is 17.7. The number of nitrogens with zero attached hydrogens (tertiary/aromatic N) is 3. The van der Waals surface area contributed by atoms with Gasteiger partial charge in [0.2, 0.25) is 5.91 Å². The zero-order valence-electron chi connectivity index (χ0n) is 32.9. The number of carbonyl (C=O) groups is 3. The van der Waals surface area contributed by atoms with E-state index < -0.39 is 46.6 Å². The predicted octanol–water partition coefficient (Wildman–Crippen LogP) is 7.07. The van der Waals surface area contributed by atoms with E-state index in [1.165, 1.54) is 26.1 Å². The van der Waals surface area contributed by atoms with Gasteiger partial charge in [0.05, 0.1) is 31.2 Å². The normalized spacial score (nSPS) is 18.0. The first kappa shape index (κ1) is 46.3. The second-order valence-corrected chi connectivity index (χ2v) is 16.0. The quantitative estimate of drug-likeness (QED) is 0.0580. The molecule has 3 unspecified atom stereocenters. The third kappa shape index (κ3) is 15.1. The Bertz CT molecular complexity index is 1510. The van der Waals surface area contributed by atoms with E-state index in [1.54, 1.807) is 30.3 Å². The van der Waals surface area contributed by atoms with Crippen LogP contribution in [0.2, 0.25) is 0 Å². The average Bonchev–Trinajstić information content (AvgIpc) is 3.49. The summed E-state index contributed by atoms with van der Waals surface area (Å²) in [6.07, 6.45) is 0.790. The lowest BCUT2D eigenvalue weighted by molar-refractivity contribution is -0.236. The number of benzene rings is 1. The molecule has 4 amide bonds. The maximum absolute atomic E-state index is 15.0. The molecule has 3 atom stereocenters. The number of aliphatic hydroxyl groups excluding tert-OH is 1. The van der Waals surface area contributed by atoms with Gasteiger partial charge in [-0.2, -0.15) is 10.1 Å². The Morgan fingerprint density at radius 3 is 2.33 bits per heavy atom. The van der Waals surface area contributed by atoms with Crippen LogP contribution in [0.1, 0.15) is 79.7 Å². The molecule has 0 spiro atoms. The third-order valence-corrected chi connectivity index (χ3v) is 9.06. The lowest BCUT2D eigenvalue weighted by Gasteiger charge is -2.37. The van der Waals surface area contributed by atoms with Crippen molar-refractivity contribution in [1.29, 1.82) is 0 Å². The monoisotopic (exact) mass is 781 g/mol. The molecular weight excluding hydrogens is 725 g/mol. The topological polar surface area (TPSA) is 151 Å². The molecule has 0 radical (unpaired) electrons. The summed E-state index contributed by atoms with van der Waals surface area (Å²) in [7, 11) is 2.71. The van der Waals surface area contributed by atoms with E-state index >= 15 is 4.39 Å². The number of urea groups is 1. The molecule has 0 saturated carbocycles. The average molecular weight is 782 g/mol. The van der Waals surface area contributed by atoms with E-state index in [1.807, 2.05) is 41.5 Å². The van der Waals surface area contributed by atoms with Gasteiger partial charge in [-0.05, 0) is 70.1 Å². The van der Waals surface area contributed by atoms with Crippen molar-refractivity contribution in [2.24, 2.45) is 10.5 Å². The fraction of sp³-hybridized carbons (Fsp3) is 0.579. The van der Waals surface area contributed by atoms with Crippen LogP contribution >= 0.6 is 11.8 Å². The van der Waals surface area contributed by atoms with Gasteiger partial charge in [0.25, 0.3) is 0 Å². The lowest BCUT2D eigenvalue weighted by atomic mass is 9.89. The van der Waals surface area contributed by atoms with E-state index in [0.717, 1.165) is 29.0 Å². The summed E-state index contributed by atoms with van der Waals surface area (Å²) >= 11 is 1.07. The fourth-order valence-corrected chi connectivity index (χ4v) is 6.72. The molecule has 1 aromatic rings. The maximum atomic E-state index is 15.0. The van der Waals surface area contributed by atoms with Crippen molar-refractivity contribution in [2.45, 2.75) is 97.0 Å². The third-order valence-electron chi connectivity index (χ3n) is 7.62. The van der Waals surface area contributed by atoms with Crippen LogP contribution in [0.25, 0.3) is 0 Å². The molecule has 16 heteroatoms. The predicted molar refractivity (Wildman–Crippen MR) is 205 cm³/mol. The van der Waals surface area contributed by atoms with Gasteiger partial charge < -0.3 is 30.0 Å². The highest BCUT2D eigenvalue weighted by molar-refractivity contribution is 8.15. The summed E-state index contributed by atoms with van der Waals surface area (Å²) in [5.74, 6) is -1.84. The molecule has 1 aromatic carbocycles. The highest BCUT2D eigenvalue weighted by Gasteiger charge is 2.50. The Kier molecular flexibility index (Phi) is 18.3. The minimum Gasteiger partial charge on any atom is -0.444 e. The Morgan fingerprint density at radius 1 is 1.11 bits per heavy atom. The number of halogens is 2. The zero-order valence-corrected chi connectivity index (χ0v) is 33.7. The van der Waals surface area contributed by atoms with Crippen molar-refractivity contribution >= 4 is 34.8 Å². The van der Waals surface area contributed by atoms with Crippen molar-refractivity contribution in [1.82, 2.24) is 20.7 Å². The number of allylic oxidation sites excluding steroid dienone is 4. The Balaban J connectivity index is 2.07. The molecule has 0 fully saturated rings. The molecule has 1 aliphatic heterocycles. The number of carbonyl (C=O) groups excluding carboxylic acids is 3. The smallest absolute Gasteiger partial charge is 0.407 e. The summed E-state index contributed by atoms with van der Waals surface area (Å²) in [4.78, 5) is 42.7. The van der Waals surface area contributed by atoms with E-state index in [4.69, 9.17) is 19.0 Å². The summed E-state index contributed by atoms with van der Waals surface area (Å²) in [6.45, 7) is 15.9. The number of rotatable bonds is 19. The number of hydrogen-bond acceptors (Lipinski definition) is 10. The van der Waals surface area contributed by atoms with Crippen LogP contribution in [0.5, 0.6) is 0 Å². The number of alkyl carbamates (subject to hydrolysis) is 1. The van der Waals surface area contributed by atoms with Gasteiger partial charge in [0.15, 0.2) is 6.29 Å². The van der Waals surface area contributed by atoms with Crippen LogP contribution in [-0.4, -0.2) is 96.7 Å². The van der Waals surface area contributed by atoms with Gasteiger partial charge in [-0.1, -0.05) is 69.4 Å². The highest BCUT2D eigenvalue weighted by atomic mass is 32.2. The van der Waals surface area contributed by atoms with Crippen molar-refractivity contribution in [3.63, 3.8) is 0 Å². The molecule has 0 saturated heterocycles. The number of aliphatic hydroxyl groups is 1. The summed E-state index contributed by atoms with van der Waals surface area (Å²) in [5.41, 5.74) is -0.247. The van der Waals surface area contributed by atoms with Gasteiger partial charge in [0.1, 0.15) is 22.3 Å². The molecule has 13 nitrogen and oxygen atoms in total. The van der Waals surface area contributed by atoms with E-state index in [2.05, 4.69) is 22.3 Å². The van der Waals surface area contributed by atoms with Crippen LogP contribution < -0.4 is 10.6 Å². The van der Waals surface area contributed by atoms with E-state index in [0.29, 0.717) is 18.4 Å². The summed E-state index contributed by atoms with van der Waals surface area (Å²) in [5, 5.41) is 21.9. The number of hydroxylamine groups is 2. The standard InChI is InChI=1S/C38H57F2N5O8S/c1-11-30(40)29(22-26(2)39)33-43-45(35(49)44(9)50-10)38(54-33,27-16-13-12-14-17-27)19-15-20-41-31(47)18-21-42-34(48)51-25-32(53-37(6,7)8)52-28(24-46)23-36(3,4)5/h11-14,16-17,22,28,32,46H,1,15,18-21,23-25H2,2-10H3,(H,41,47)(H,42,48)/b26-22+,30-29-. The van der Waals surface area contributed by atoms with Crippen LogP contribution in [0.15, 0.2) is 71.4 Å². The number of nitrogens with one attached hydrogen (secondary N) is 2. The Hall–Kier alpha value is -3.83. The molecule has 0 aliphatic carbocycles. The fourth-order valence-electron chi connectivity index (χ4n) is 5.30. The van der Waals surface area contributed by atoms with E-state index in [-0.39, 0.29) is 61.1 Å². The SMILES string of the molecule is C=C/C(F)=C(\C=C(/C)F)C1=NN(C(=O)N(C)OC)C(CCCNC(=O)CCNC(=O)OCC(OC(CO)CC(C)(C)C)OC(C)(C)C)(c2ccccc2)S1. The first-order valence-corrected chi connectivity index (χ1v) is 18.5. The van der Waals surface area contributed by atoms with Gasteiger partial charge in [0, 0.05) is 32.1 Å². The summed E-state index contributed by atoms with van der Waals surface area (Å²) in [6, 6.07) is 8.31. The largest absolute Gasteiger partial charge is 0.444 e. The second-order valence-electron chi connectivity index (χ2n) is 14.7. The van der Waals surface area contributed by atoms with Crippen LogP contribution in [0.4, 0.5) is 18.4 Å². The number of hydrogen-bond donors (Lipinski definition) is 3. The van der Waals surface area contributed by atoms with Crippen LogP contribution in [0.3, 0.4) is 0 Å². The highest BCUT2D eigenvalue weighted by Crippen LogP contribution is 2.51. The van der Waals surface area contributed by atoms with Crippen LogP contribution in [0, 0.1) is 5.41 Å². The zero-order chi connectivity index (χ0) is 40.7. The van der Waals surface area contributed by atoms with Crippen molar-refractivity contribution in [3.05, 3.63) is 71.9 Å². The molecule has 0 aromatic heterocycles. The minimum absolute atomic E-state index is 0.0161. The summed E-state index contributed by atoms with van der Waals surface area (Å²) < 4.78 is 46.3. The molecule has 0 bridgehead atoms. The number of thioether (sulfide) groups is 1. The molecular formula is C38H57F2N5O8S. The maximum Gasteiger partial charge on any atom is 0.407 e. The molecule has 54 heavy (non-hydrogen) atoms. The van der Waals surface area contributed by atoms with Gasteiger partial charge in [-0.3, -0.25) is 9.63 Å². The molecule has 2 rings (SSSR count). The van der Waals surface area contributed by atoms with Crippen molar-refractivity contribution < 1.29 is 47.3 Å². The van der Waals surface area contributed by atoms with Gasteiger partial charge in [-0.15, -0.1) is 0 Å². The molecule has 3 N–H and O–H groups in total. The minimum atomic E-state index is -1.23. The Labute approximate surface area is 322 Å². The van der Waals surface area contributed by atoms with Gasteiger partial charge >= 0.3 is 12.1 Å². The lowest BCUT2D eigenvalue weighted by Crippen LogP contribution is -2.47. The number of hydrazone groups is 1. The van der Waals surface area contributed by atoms with Gasteiger partial charge in [-0.25, -0.2) is 23.4 Å². The van der Waals surface area contributed by atoms with Crippen molar-refractivity contribution in [3.8, 4) is 0 Å². The molecule has 1 heterocycles. The second kappa shape index (κ2) is 21.3. The van der Waals surface area contributed by atoms with Crippen molar-refractivity contribution in [2.75, 3.05) is 40.5 Å². The van der Waals surface area contributed by atoms with Crippen LogP contribution in [-0.2, 0) is 28.7 Å².